The van der Waals surface area contributed by atoms with Crippen molar-refractivity contribution in [2.75, 3.05) is 26.2 Å². The Morgan fingerprint density at radius 2 is 1.73 bits per heavy atom. The summed E-state index contributed by atoms with van der Waals surface area (Å²) in [6.07, 6.45) is 7.20. The predicted octanol–water partition coefficient (Wildman–Crippen LogP) is 4.95. The molecular weight excluding hydrogens is 462 g/mol. The van der Waals surface area contributed by atoms with E-state index < -0.39 is 0 Å². The summed E-state index contributed by atoms with van der Waals surface area (Å²) in [6.45, 7) is 8.22. The minimum atomic E-state index is -0.0206. The van der Waals surface area contributed by atoms with Gasteiger partial charge in [0.05, 0.1) is 12.5 Å². The van der Waals surface area contributed by atoms with E-state index in [-0.39, 0.29) is 11.8 Å². The molecule has 1 amide bonds. The number of aromatic nitrogens is 2. The SMILES string of the molecule is Cc1ccccc1-c1noc(CN2CCCC(C(=O)NCc3cccc(CN4CCCCCC4)c3)C2)n1. The van der Waals surface area contributed by atoms with Crippen LogP contribution in [0.15, 0.2) is 53.1 Å². The van der Waals surface area contributed by atoms with Crippen LogP contribution in [0.2, 0.25) is 0 Å². The molecule has 0 spiro atoms. The molecule has 5 rings (SSSR count). The molecule has 0 saturated carbocycles. The van der Waals surface area contributed by atoms with Crippen LogP contribution in [0.5, 0.6) is 0 Å². The first-order valence-electron chi connectivity index (χ1n) is 13.8. The number of nitrogens with zero attached hydrogens (tertiary/aromatic N) is 4. The minimum Gasteiger partial charge on any atom is -0.352 e. The molecular formula is C30H39N5O2. The van der Waals surface area contributed by atoms with Crippen molar-refractivity contribution in [3.63, 3.8) is 0 Å². The van der Waals surface area contributed by atoms with Crippen LogP contribution < -0.4 is 5.32 Å². The molecule has 7 nitrogen and oxygen atoms in total. The van der Waals surface area contributed by atoms with Gasteiger partial charge < -0.3 is 9.84 Å². The zero-order valence-electron chi connectivity index (χ0n) is 22.0. The third-order valence-electron chi connectivity index (χ3n) is 7.65. The highest BCUT2D eigenvalue weighted by atomic mass is 16.5. The van der Waals surface area contributed by atoms with Gasteiger partial charge in [0.25, 0.3) is 0 Å². The average Bonchev–Trinajstić information content (AvgIpc) is 3.22. The van der Waals surface area contributed by atoms with Crippen molar-refractivity contribution in [2.24, 2.45) is 5.92 Å². The van der Waals surface area contributed by atoms with E-state index in [1.165, 1.54) is 49.9 Å². The molecule has 2 aromatic carbocycles. The highest BCUT2D eigenvalue weighted by Crippen LogP contribution is 2.22. The first-order valence-corrected chi connectivity index (χ1v) is 13.8. The summed E-state index contributed by atoms with van der Waals surface area (Å²) >= 11 is 0. The smallest absolute Gasteiger partial charge is 0.241 e. The maximum absolute atomic E-state index is 13.0. The van der Waals surface area contributed by atoms with Crippen LogP contribution in [0.4, 0.5) is 0 Å². The van der Waals surface area contributed by atoms with Crippen LogP contribution in [0.1, 0.15) is 61.1 Å². The van der Waals surface area contributed by atoms with Gasteiger partial charge >= 0.3 is 0 Å². The fraction of sp³-hybridized carbons (Fsp3) is 0.500. The number of amides is 1. The van der Waals surface area contributed by atoms with E-state index in [1.54, 1.807) is 0 Å². The lowest BCUT2D eigenvalue weighted by Crippen LogP contribution is -2.42. The standard InChI is InChI=1S/C30H39N5O2/c1-23-10-4-5-14-27(23)29-32-28(37-33-29)22-35-17-9-13-26(21-35)30(36)31-19-24-11-8-12-25(18-24)20-34-15-6-2-3-7-16-34/h4-5,8,10-12,14,18,26H,2-3,6-7,9,13,15-17,19-22H2,1H3,(H,31,36). The van der Waals surface area contributed by atoms with E-state index >= 15 is 0 Å². The van der Waals surface area contributed by atoms with E-state index in [1.807, 2.05) is 31.2 Å². The van der Waals surface area contributed by atoms with Crippen LogP contribution in [0.25, 0.3) is 11.4 Å². The topological polar surface area (TPSA) is 74.5 Å². The Morgan fingerprint density at radius 3 is 2.57 bits per heavy atom. The molecule has 2 saturated heterocycles. The number of rotatable bonds is 8. The van der Waals surface area contributed by atoms with E-state index in [9.17, 15) is 4.79 Å². The van der Waals surface area contributed by atoms with Crippen molar-refractivity contribution in [1.82, 2.24) is 25.3 Å². The van der Waals surface area contributed by atoms with Gasteiger partial charge in [0.2, 0.25) is 17.6 Å². The molecule has 0 bridgehead atoms. The zero-order valence-corrected chi connectivity index (χ0v) is 22.0. The van der Waals surface area contributed by atoms with Gasteiger partial charge in [-0.15, -0.1) is 0 Å². The number of nitrogens with one attached hydrogen (secondary N) is 1. The highest BCUT2D eigenvalue weighted by molar-refractivity contribution is 5.79. The Bertz CT molecular complexity index is 1170. The van der Waals surface area contributed by atoms with Crippen LogP contribution >= 0.6 is 0 Å². The van der Waals surface area contributed by atoms with E-state index in [0.717, 1.165) is 37.1 Å². The predicted molar refractivity (Wildman–Crippen MR) is 145 cm³/mol. The molecule has 3 heterocycles. The summed E-state index contributed by atoms with van der Waals surface area (Å²) < 4.78 is 5.54. The molecule has 7 heteroatoms. The number of likely N-dealkylation sites (tertiary alicyclic amines) is 2. The molecule has 1 aromatic heterocycles. The zero-order chi connectivity index (χ0) is 25.5. The second-order valence-corrected chi connectivity index (χ2v) is 10.6. The second-order valence-electron chi connectivity index (χ2n) is 10.6. The average molecular weight is 502 g/mol. The summed E-state index contributed by atoms with van der Waals surface area (Å²) in [5, 5.41) is 7.38. The van der Waals surface area contributed by atoms with Crippen molar-refractivity contribution in [3.05, 3.63) is 71.1 Å². The van der Waals surface area contributed by atoms with E-state index in [4.69, 9.17) is 4.52 Å². The number of benzene rings is 2. The van der Waals surface area contributed by atoms with E-state index in [0.29, 0.717) is 31.3 Å². The number of carbonyl (C=O) groups is 1. The fourth-order valence-electron chi connectivity index (χ4n) is 5.58. The van der Waals surface area contributed by atoms with Crippen molar-refractivity contribution >= 4 is 5.91 Å². The number of hydrogen-bond acceptors (Lipinski definition) is 6. The van der Waals surface area contributed by atoms with Crippen molar-refractivity contribution in [3.8, 4) is 11.4 Å². The molecule has 0 radical (unpaired) electrons. The highest BCUT2D eigenvalue weighted by Gasteiger charge is 2.27. The van der Waals surface area contributed by atoms with Gasteiger partial charge in [-0.25, -0.2) is 0 Å². The Morgan fingerprint density at radius 1 is 0.946 bits per heavy atom. The second kappa shape index (κ2) is 12.5. The Hall–Kier alpha value is -3.03. The lowest BCUT2D eigenvalue weighted by Gasteiger charge is -2.30. The van der Waals surface area contributed by atoms with Crippen LogP contribution in [-0.4, -0.2) is 52.0 Å². The summed E-state index contributed by atoms with van der Waals surface area (Å²) in [6, 6.07) is 16.7. The monoisotopic (exact) mass is 501 g/mol. The molecule has 2 aliphatic rings. The Labute approximate surface area is 220 Å². The van der Waals surface area contributed by atoms with Gasteiger partial charge in [-0.2, -0.15) is 4.98 Å². The van der Waals surface area contributed by atoms with Crippen molar-refractivity contribution < 1.29 is 9.32 Å². The normalized spacial score (nSPS) is 19.4. The van der Waals surface area contributed by atoms with Gasteiger partial charge in [-0.1, -0.05) is 66.5 Å². The number of piperidine rings is 1. The van der Waals surface area contributed by atoms with Crippen LogP contribution in [-0.2, 0) is 24.4 Å². The first kappa shape index (κ1) is 25.6. The summed E-state index contributed by atoms with van der Waals surface area (Å²) in [7, 11) is 0. The summed E-state index contributed by atoms with van der Waals surface area (Å²) in [5.74, 6) is 1.33. The third kappa shape index (κ3) is 7.05. The molecule has 1 unspecified atom stereocenters. The molecule has 1 atom stereocenters. The maximum atomic E-state index is 13.0. The fourth-order valence-corrected chi connectivity index (χ4v) is 5.58. The summed E-state index contributed by atoms with van der Waals surface area (Å²) in [4.78, 5) is 22.5. The van der Waals surface area contributed by atoms with Crippen molar-refractivity contribution in [2.45, 2.75) is 65.1 Å². The molecule has 3 aromatic rings. The van der Waals surface area contributed by atoms with E-state index in [2.05, 4.69) is 49.5 Å². The van der Waals surface area contributed by atoms with Gasteiger partial charge in [-0.3, -0.25) is 14.6 Å². The number of carbonyl (C=O) groups excluding carboxylic acids is 1. The molecule has 2 aliphatic heterocycles. The lowest BCUT2D eigenvalue weighted by atomic mass is 9.97. The molecule has 2 fully saturated rings. The lowest BCUT2D eigenvalue weighted by molar-refractivity contribution is -0.127. The Balaban J connectivity index is 1.11. The van der Waals surface area contributed by atoms with Gasteiger partial charge in [-0.05, 0) is 68.9 Å². The molecule has 196 valence electrons. The first-order chi connectivity index (χ1) is 18.1. The van der Waals surface area contributed by atoms with Gasteiger partial charge in [0, 0.05) is 25.2 Å². The van der Waals surface area contributed by atoms with Crippen LogP contribution in [0, 0.1) is 12.8 Å². The van der Waals surface area contributed by atoms with Crippen LogP contribution in [0.3, 0.4) is 0 Å². The summed E-state index contributed by atoms with van der Waals surface area (Å²) in [5.41, 5.74) is 4.62. The minimum absolute atomic E-state index is 0.0206. The molecule has 0 aliphatic carbocycles. The van der Waals surface area contributed by atoms with Crippen molar-refractivity contribution in [1.29, 1.82) is 0 Å². The number of hydrogen-bond donors (Lipinski definition) is 1. The quantitative estimate of drug-likeness (QED) is 0.471. The third-order valence-corrected chi connectivity index (χ3v) is 7.65. The Kier molecular flexibility index (Phi) is 8.64. The number of aryl methyl sites for hydroxylation is 1. The van der Waals surface area contributed by atoms with Gasteiger partial charge in [0.15, 0.2) is 0 Å². The maximum Gasteiger partial charge on any atom is 0.241 e. The molecule has 37 heavy (non-hydrogen) atoms. The molecule has 1 N–H and O–H groups in total. The van der Waals surface area contributed by atoms with Gasteiger partial charge in [0.1, 0.15) is 0 Å². The largest absolute Gasteiger partial charge is 0.352 e.